The van der Waals surface area contributed by atoms with Crippen molar-refractivity contribution in [2.24, 2.45) is 0 Å². The van der Waals surface area contributed by atoms with Crippen LogP contribution in [-0.4, -0.2) is 68.5 Å². The molecule has 0 aromatic rings. The second-order valence-electron chi connectivity index (χ2n) is 23.4. The van der Waals surface area contributed by atoms with E-state index in [1.165, 1.54) is 186 Å². The Morgan fingerprint density at radius 2 is 0.782 bits per heavy atom. The van der Waals surface area contributed by atoms with Crippen LogP contribution in [0.2, 0.25) is 0 Å². The van der Waals surface area contributed by atoms with Crippen molar-refractivity contribution in [2.45, 2.75) is 309 Å². The van der Waals surface area contributed by atoms with Crippen LogP contribution >= 0.6 is 7.82 Å². The molecule has 0 bridgehead atoms. The summed E-state index contributed by atoms with van der Waals surface area (Å²) in [6.07, 6.45) is 83.5. The Bertz CT molecular complexity index is 1550. The van der Waals surface area contributed by atoms with Gasteiger partial charge in [-0.2, -0.15) is 0 Å². The Kier molecular flexibility index (Phi) is 57.5. The SMILES string of the molecule is CC/C=C\C/C=C\C/C=C\C/C=C\C/C=C\C/C=C\C/C=C\CCCCCCCCCCCCCC(=O)NC(COP(=O)([O-])OCC[N+](C)(C)C)C(O)CCCCCCCCCCCCCCCCCCCCCCCCC. The number of aliphatic hydroxyl groups excluding tert-OH is 1. The van der Waals surface area contributed by atoms with Crippen molar-refractivity contribution in [1.82, 2.24) is 5.32 Å². The summed E-state index contributed by atoms with van der Waals surface area (Å²) in [6, 6.07) is -0.808. The Morgan fingerprint density at radius 3 is 1.14 bits per heavy atom. The predicted octanol–water partition coefficient (Wildman–Crippen LogP) is 20.1. The zero-order valence-corrected chi connectivity index (χ0v) is 52.7. The maximum Gasteiger partial charge on any atom is 0.268 e. The zero-order valence-electron chi connectivity index (χ0n) is 51.9. The van der Waals surface area contributed by atoms with Crippen LogP contribution in [0.15, 0.2) is 85.1 Å². The van der Waals surface area contributed by atoms with Crippen LogP contribution in [0.5, 0.6) is 0 Å². The molecule has 0 aliphatic heterocycles. The van der Waals surface area contributed by atoms with Gasteiger partial charge in [-0.25, -0.2) is 0 Å². The number of unbranched alkanes of at least 4 members (excludes halogenated alkanes) is 33. The first-order chi connectivity index (χ1) is 38.0. The minimum Gasteiger partial charge on any atom is -0.756 e. The number of amides is 1. The first kappa shape index (κ1) is 75.7. The number of allylic oxidation sites excluding steroid dienone is 14. The molecular formula is C69H127N2O6P. The van der Waals surface area contributed by atoms with Gasteiger partial charge >= 0.3 is 0 Å². The van der Waals surface area contributed by atoms with Crippen molar-refractivity contribution in [2.75, 3.05) is 40.9 Å². The molecule has 1 amide bonds. The van der Waals surface area contributed by atoms with Crippen LogP contribution in [0.3, 0.4) is 0 Å². The fourth-order valence-electron chi connectivity index (χ4n) is 9.55. The molecule has 78 heavy (non-hydrogen) atoms. The monoisotopic (exact) mass is 1110 g/mol. The molecule has 0 aliphatic rings. The predicted molar refractivity (Wildman–Crippen MR) is 339 cm³/mol. The van der Waals surface area contributed by atoms with Crippen LogP contribution in [-0.2, 0) is 18.4 Å². The standard InChI is InChI=1S/C69H127N2O6P/c1-6-8-10-12-14-16-18-20-22-24-26-28-30-31-32-33-34-35-36-37-38-39-41-43-45-47-49-51-53-55-57-59-61-63-69(73)70-67(66-77-78(74,75)76-65-64-71(3,4)5)68(72)62-60-58-56-54-52-50-48-46-44-42-40-29-27-25-23-21-19-17-15-13-11-9-7-2/h8,10,14,16,20,22,26,28,31-32,34-35,37-38,67-68,72H,6-7,9,11-13,15,17-19,21,23-25,27,29-30,33,36,39-66H2,1-5H3,(H-,70,73,74,75)/b10-8-,16-14-,22-20-,28-26-,32-31-,35-34-,38-37-. The van der Waals surface area contributed by atoms with Crippen molar-refractivity contribution in [1.29, 1.82) is 0 Å². The summed E-state index contributed by atoms with van der Waals surface area (Å²) < 4.78 is 23.5. The summed E-state index contributed by atoms with van der Waals surface area (Å²) in [5.41, 5.74) is 0. The minimum atomic E-state index is -4.58. The average molecular weight is 1110 g/mol. The summed E-state index contributed by atoms with van der Waals surface area (Å²) in [6.45, 7) is 4.63. The summed E-state index contributed by atoms with van der Waals surface area (Å²) in [4.78, 5) is 25.6. The van der Waals surface area contributed by atoms with Crippen molar-refractivity contribution < 1.29 is 32.9 Å². The van der Waals surface area contributed by atoms with Crippen LogP contribution in [0.25, 0.3) is 0 Å². The van der Waals surface area contributed by atoms with Gasteiger partial charge in [0.05, 0.1) is 39.9 Å². The molecule has 0 saturated carbocycles. The van der Waals surface area contributed by atoms with Gasteiger partial charge in [0.2, 0.25) is 5.91 Å². The molecule has 3 unspecified atom stereocenters. The van der Waals surface area contributed by atoms with Gasteiger partial charge in [-0.05, 0) is 70.6 Å². The van der Waals surface area contributed by atoms with E-state index in [0.29, 0.717) is 23.9 Å². The molecule has 0 heterocycles. The minimum absolute atomic E-state index is 0.00904. The number of carbonyl (C=O) groups excluding carboxylic acids is 1. The van der Waals surface area contributed by atoms with Gasteiger partial charge in [0.1, 0.15) is 13.2 Å². The van der Waals surface area contributed by atoms with Crippen LogP contribution in [0.1, 0.15) is 296 Å². The van der Waals surface area contributed by atoms with E-state index in [0.717, 1.165) is 83.5 Å². The number of rotatable bonds is 60. The lowest BCUT2D eigenvalue weighted by molar-refractivity contribution is -0.870. The van der Waals surface area contributed by atoms with Gasteiger partial charge in [0.15, 0.2) is 0 Å². The fourth-order valence-corrected chi connectivity index (χ4v) is 10.3. The van der Waals surface area contributed by atoms with E-state index >= 15 is 0 Å². The highest BCUT2D eigenvalue weighted by atomic mass is 31.2. The lowest BCUT2D eigenvalue weighted by Gasteiger charge is -2.30. The molecule has 0 aliphatic carbocycles. The highest BCUT2D eigenvalue weighted by Gasteiger charge is 2.24. The highest BCUT2D eigenvalue weighted by Crippen LogP contribution is 2.38. The third-order valence-corrected chi connectivity index (χ3v) is 15.6. The number of likely N-dealkylation sites (N-methyl/N-ethyl adjacent to an activating group) is 1. The first-order valence-electron chi connectivity index (χ1n) is 32.9. The Morgan fingerprint density at radius 1 is 0.462 bits per heavy atom. The molecule has 9 heteroatoms. The number of hydrogen-bond acceptors (Lipinski definition) is 6. The number of phosphoric acid groups is 1. The third kappa shape index (κ3) is 61.3. The molecule has 0 rings (SSSR count). The van der Waals surface area contributed by atoms with Crippen molar-refractivity contribution in [3.8, 4) is 0 Å². The third-order valence-electron chi connectivity index (χ3n) is 14.6. The van der Waals surface area contributed by atoms with Gasteiger partial charge < -0.3 is 28.8 Å². The summed E-state index contributed by atoms with van der Waals surface area (Å²) in [5, 5.41) is 14.1. The highest BCUT2D eigenvalue weighted by molar-refractivity contribution is 7.45. The van der Waals surface area contributed by atoms with Gasteiger partial charge in [-0.1, -0.05) is 304 Å². The van der Waals surface area contributed by atoms with E-state index in [4.69, 9.17) is 9.05 Å². The molecule has 454 valence electrons. The quantitative estimate of drug-likeness (QED) is 0.0272. The maximum absolute atomic E-state index is 13.0. The van der Waals surface area contributed by atoms with Gasteiger partial charge in [0.25, 0.3) is 7.82 Å². The normalized spacial score (nSPS) is 14.3. The second kappa shape index (κ2) is 59.3. The molecule has 3 atom stereocenters. The maximum atomic E-state index is 13.0. The lowest BCUT2D eigenvalue weighted by atomic mass is 10.0. The molecule has 0 fully saturated rings. The largest absolute Gasteiger partial charge is 0.756 e. The van der Waals surface area contributed by atoms with Crippen molar-refractivity contribution in [3.63, 3.8) is 0 Å². The molecule has 0 saturated heterocycles. The van der Waals surface area contributed by atoms with Crippen molar-refractivity contribution in [3.05, 3.63) is 85.1 Å². The van der Waals surface area contributed by atoms with E-state index in [1.54, 1.807) is 0 Å². The fraction of sp³-hybridized carbons (Fsp3) is 0.783. The Labute approximate surface area is 484 Å². The number of nitrogens with zero attached hydrogens (tertiary/aromatic N) is 1. The van der Waals surface area contributed by atoms with E-state index in [2.05, 4.69) is 104 Å². The van der Waals surface area contributed by atoms with Crippen LogP contribution < -0.4 is 10.2 Å². The van der Waals surface area contributed by atoms with E-state index < -0.39 is 20.0 Å². The van der Waals surface area contributed by atoms with Gasteiger partial charge in [-0.15, -0.1) is 0 Å². The zero-order chi connectivity index (χ0) is 57.0. The number of quaternary nitrogens is 1. The Hall–Kier alpha value is -2.32. The molecule has 0 spiro atoms. The molecule has 8 nitrogen and oxygen atoms in total. The van der Waals surface area contributed by atoms with Crippen molar-refractivity contribution >= 4 is 13.7 Å². The smallest absolute Gasteiger partial charge is 0.268 e. The summed E-state index contributed by atoms with van der Waals surface area (Å²) in [7, 11) is 1.30. The number of phosphoric ester groups is 1. The summed E-state index contributed by atoms with van der Waals surface area (Å²) >= 11 is 0. The molecule has 0 aromatic carbocycles. The average Bonchev–Trinajstić information content (AvgIpc) is 3.41. The van der Waals surface area contributed by atoms with Crippen LogP contribution in [0, 0.1) is 0 Å². The molecule has 2 N–H and O–H groups in total. The number of nitrogens with one attached hydrogen (secondary N) is 1. The number of aliphatic hydroxyl groups is 1. The van der Waals surface area contributed by atoms with E-state index in [1.807, 2.05) is 21.1 Å². The topological polar surface area (TPSA) is 108 Å². The van der Waals surface area contributed by atoms with E-state index in [-0.39, 0.29) is 19.1 Å². The van der Waals surface area contributed by atoms with E-state index in [9.17, 15) is 19.4 Å². The van der Waals surface area contributed by atoms with Gasteiger partial charge in [0, 0.05) is 6.42 Å². The first-order valence-corrected chi connectivity index (χ1v) is 34.4. The lowest BCUT2D eigenvalue weighted by Crippen LogP contribution is -2.46. The van der Waals surface area contributed by atoms with Crippen LogP contribution in [0.4, 0.5) is 0 Å². The second-order valence-corrected chi connectivity index (χ2v) is 24.9. The van der Waals surface area contributed by atoms with Gasteiger partial charge in [-0.3, -0.25) is 9.36 Å². The number of carbonyl (C=O) groups is 1. The molecular weight excluding hydrogens is 984 g/mol. The Balaban J connectivity index is 4.11. The molecule has 0 aromatic heterocycles. The molecule has 0 radical (unpaired) electrons. The summed E-state index contributed by atoms with van der Waals surface area (Å²) in [5.74, 6) is -0.168. The number of hydrogen-bond donors (Lipinski definition) is 2.